The standard InChI is InChI=1S/C21H20F3N3O4S/c1-29-16-6-3-13(11-17(16)30-2)19(28)26-7-9-27(10-8-26)20-25-15-5-4-14(12-18(15)32-20)31-21(22,23)24/h3-6,11-12H,7-10H2,1-2H3. The van der Waals surface area contributed by atoms with E-state index in [0.717, 1.165) is 0 Å². The van der Waals surface area contributed by atoms with Gasteiger partial charge in [-0.15, -0.1) is 13.2 Å². The van der Waals surface area contributed by atoms with Crippen LogP contribution in [0.15, 0.2) is 36.4 Å². The molecule has 11 heteroatoms. The number of anilines is 1. The Bertz CT molecular complexity index is 1130. The van der Waals surface area contributed by atoms with Crippen LogP contribution in [0.4, 0.5) is 18.3 Å². The Balaban J connectivity index is 1.43. The Morgan fingerprint density at radius 2 is 1.72 bits per heavy atom. The number of nitrogens with zero attached hydrogens (tertiary/aromatic N) is 3. The number of methoxy groups -OCH3 is 2. The van der Waals surface area contributed by atoms with Gasteiger partial charge in [-0.2, -0.15) is 0 Å². The number of benzene rings is 2. The molecule has 0 atom stereocenters. The molecule has 1 aromatic heterocycles. The second-order valence-electron chi connectivity index (χ2n) is 7.02. The van der Waals surface area contributed by atoms with E-state index in [1.807, 2.05) is 4.90 Å². The maximum Gasteiger partial charge on any atom is 0.573 e. The summed E-state index contributed by atoms with van der Waals surface area (Å²) in [5, 5.41) is 0.697. The number of halogens is 3. The number of fused-ring (bicyclic) bond motifs is 1. The molecule has 170 valence electrons. The molecular weight excluding hydrogens is 447 g/mol. The minimum absolute atomic E-state index is 0.108. The van der Waals surface area contributed by atoms with Crippen LogP contribution in [0.1, 0.15) is 10.4 Å². The highest BCUT2D eigenvalue weighted by Gasteiger charge is 2.31. The maximum atomic E-state index is 12.9. The van der Waals surface area contributed by atoms with Gasteiger partial charge in [0.1, 0.15) is 5.75 Å². The average molecular weight is 467 g/mol. The van der Waals surface area contributed by atoms with E-state index in [2.05, 4.69) is 9.72 Å². The molecule has 1 aliphatic rings. The fourth-order valence-corrected chi connectivity index (χ4v) is 4.52. The topological polar surface area (TPSA) is 64.1 Å². The van der Waals surface area contributed by atoms with Crippen LogP contribution in [0.3, 0.4) is 0 Å². The molecule has 2 heterocycles. The molecule has 32 heavy (non-hydrogen) atoms. The van der Waals surface area contributed by atoms with E-state index in [4.69, 9.17) is 9.47 Å². The van der Waals surface area contributed by atoms with Gasteiger partial charge in [0, 0.05) is 37.8 Å². The fraction of sp³-hybridized carbons (Fsp3) is 0.333. The number of piperazine rings is 1. The average Bonchev–Trinajstić information content (AvgIpc) is 3.20. The zero-order chi connectivity index (χ0) is 22.9. The third-order valence-electron chi connectivity index (χ3n) is 5.05. The van der Waals surface area contributed by atoms with E-state index in [0.29, 0.717) is 58.6 Å². The zero-order valence-electron chi connectivity index (χ0n) is 17.3. The number of ether oxygens (including phenoxy) is 3. The third-order valence-corrected chi connectivity index (χ3v) is 6.13. The van der Waals surface area contributed by atoms with Crippen LogP contribution in [0, 0.1) is 0 Å². The van der Waals surface area contributed by atoms with Crippen molar-refractivity contribution >= 4 is 32.6 Å². The lowest BCUT2D eigenvalue weighted by molar-refractivity contribution is -0.274. The van der Waals surface area contributed by atoms with Crippen molar-refractivity contribution in [3.05, 3.63) is 42.0 Å². The summed E-state index contributed by atoms with van der Waals surface area (Å²) in [4.78, 5) is 21.2. The molecule has 7 nitrogen and oxygen atoms in total. The van der Waals surface area contributed by atoms with Gasteiger partial charge in [-0.3, -0.25) is 4.79 Å². The van der Waals surface area contributed by atoms with Crippen LogP contribution in [0.5, 0.6) is 17.2 Å². The van der Waals surface area contributed by atoms with E-state index in [1.54, 1.807) is 23.1 Å². The van der Waals surface area contributed by atoms with Crippen molar-refractivity contribution in [3.8, 4) is 17.2 Å². The Labute approximate surface area is 185 Å². The van der Waals surface area contributed by atoms with Gasteiger partial charge in [0.25, 0.3) is 5.91 Å². The first-order valence-electron chi connectivity index (χ1n) is 9.70. The highest BCUT2D eigenvalue weighted by Crippen LogP contribution is 2.34. The van der Waals surface area contributed by atoms with E-state index in [-0.39, 0.29) is 11.7 Å². The molecule has 1 fully saturated rings. The SMILES string of the molecule is COc1ccc(C(=O)N2CCN(c3nc4ccc(OC(F)(F)F)cc4s3)CC2)cc1OC. The molecule has 2 aromatic carbocycles. The quantitative estimate of drug-likeness (QED) is 0.561. The van der Waals surface area contributed by atoms with Gasteiger partial charge in [0.2, 0.25) is 0 Å². The van der Waals surface area contributed by atoms with Crippen LogP contribution in [0.25, 0.3) is 10.2 Å². The summed E-state index contributed by atoms with van der Waals surface area (Å²) in [5.74, 6) is 0.656. The number of rotatable bonds is 5. The number of aromatic nitrogens is 1. The largest absolute Gasteiger partial charge is 0.573 e. The van der Waals surface area contributed by atoms with Gasteiger partial charge in [-0.05, 0) is 30.3 Å². The van der Waals surface area contributed by atoms with E-state index in [1.165, 1.54) is 43.8 Å². The second-order valence-corrected chi connectivity index (χ2v) is 8.03. The third kappa shape index (κ3) is 4.67. The predicted molar refractivity (Wildman–Crippen MR) is 114 cm³/mol. The number of hydrogen-bond acceptors (Lipinski definition) is 7. The summed E-state index contributed by atoms with van der Waals surface area (Å²) >= 11 is 1.29. The first-order valence-corrected chi connectivity index (χ1v) is 10.5. The number of hydrogen-bond donors (Lipinski definition) is 0. The summed E-state index contributed by atoms with van der Waals surface area (Å²) in [6.45, 7) is 2.10. The first kappa shape index (κ1) is 22.0. The molecule has 3 aromatic rings. The minimum Gasteiger partial charge on any atom is -0.493 e. The fourth-order valence-electron chi connectivity index (χ4n) is 3.48. The molecule has 1 amide bonds. The van der Waals surface area contributed by atoms with Crippen LogP contribution < -0.4 is 19.1 Å². The van der Waals surface area contributed by atoms with Gasteiger partial charge < -0.3 is 24.0 Å². The Hall–Kier alpha value is -3.21. The van der Waals surface area contributed by atoms with Crippen LogP contribution in [0.2, 0.25) is 0 Å². The monoisotopic (exact) mass is 467 g/mol. The molecule has 0 bridgehead atoms. The summed E-state index contributed by atoms with van der Waals surface area (Å²) in [6, 6.07) is 9.14. The molecule has 0 aliphatic carbocycles. The van der Waals surface area contributed by atoms with E-state index >= 15 is 0 Å². The number of thiazole rings is 1. The highest BCUT2D eigenvalue weighted by atomic mass is 32.1. The van der Waals surface area contributed by atoms with E-state index < -0.39 is 6.36 Å². The molecule has 4 rings (SSSR count). The predicted octanol–water partition coefficient (Wildman–Crippen LogP) is 4.17. The van der Waals surface area contributed by atoms with Gasteiger partial charge >= 0.3 is 6.36 Å². The van der Waals surface area contributed by atoms with Crippen LogP contribution in [-0.2, 0) is 0 Å². The van der Waals surface area contributed by atoms with Crippen molar-refractivity contribution in [2.24, 2.45) is 0 Å². The highest BCUT2D eigenvalue weighted by molar-refractivity contribution is 7.22. The van der Waals surface area contributed by atoms with Gasteiger partial charge in [-0.1, -0.05) is 11.3 Å². The zero-order valence-corrected chi connectivity index (χ0v) is 18.1. The summed E-state index contributed by atoms with van der Waals surface area (Å²) in [6.07, 6.45) is -4.74. The van der Waals surface area contributed by atoms with Crippen molar-refractivity contribution in [2.75, 3.05) is 45.3 Å². The van der Waals surface area contributed by atoms with Crippen LogP contribution in [-0.4, -0.2) is 62.6 Å². The number of alkyl halides is 3. The van der Waals surface area contributed by atoms with Crippen LogP contribution >= 0.6 is 11.3 Å². The molecule has 1 aliphatic heterocycles. The smallest absolute Gasteiger partial charge is 0.493 e. The lowest BCUT2D eigenvalue weighted by atomic mass is 10.1. The molecule has 1 saturated heterocycles. The van der Waals surface area contributed by atoms with Crippen molar-refractivity contribution in [3.63, 3.8) is 0 Å². The van der Waals surface area contributed by atoms with E-state index in [9.17, 15) is 18.0 Å². The molecule has 0 radical (unpaired) electrons. The Morgan fingerprint density at radius 1 is 1.00 bits per heavy atom. The summed E-state index contributed by atoms with van der Waals surface area (Å²) < 4.78 is 52.4. The second kappa shape index (κ2) is 8.73. The molecular formula is C21H20F3N3O4S. The number of carbonyl (C=O) groups excluding carboxylic acids is 1. The molecule has 0 saturated carbocycles. The molecule has 0 unspecified atom stereocenters. The number of amides is 1. The minimum atomic E-state index is -4.74. The normalized spacial score (nSPS) is 14.5. The van der Waals surface area contributed by atoms with Gasteiger partial charge in [0.15, 0.2) is 16.6 Å². The van der Waals surface area contributed by atoms with Crippen molar-refractivity contribution in [2.45, 2.75) is 6.36 Å². The van der Waals surface area contributed by atoms with Gasteiger partial charge in [-0.25, -0.2) is 4.98 Å². The first-order chi connectivity index (χ1) is 15.3. The maximum absolute atomic E-state index is 12.9. The Morgan fingerprint density at radius 3 is 2.38 bits per heavy atom. The van der Waals surface area contributed by atoms with Crippen molar-refractivity contribution in [1.29, 1.82) is 0 Å². The lowest BCUT2D eigenvalue weighted by Gasteiger charge is -2.34. The molecule has 0 N–H and O–H groups in total. The Kier molecular flexibility index (Phi) is 6.00. The number of carbonyl (C=O) groups is 1. The van der Waals surface area contributed by atoms with Gasteiger partial charge in [0.05, 0.1) is 24.4 Å². The molecule has 0 spiro atoms. The summed E-state index contributed by atoms with van der Waals surface area (Å²) in [7, 11) is 3.05. The van der Waals surface area contributed by atoms with Crippen molar-refractivity contribution in [1.82, 2.24) is 9.88 Å². The lowest BCUT2D eigenvalue weighted by Crippen LogP contribution is -2.48. The van der Waals surface area contributed by atoms with Crippen molar-refractivity contribution < 1.29 is 32.2 Å². The summed E-state index contributed by atoms with van der Waals surface area (Å²) in [5.41, 5.74) is 1.11.